The normalized spacial score (nSPS) is 10.9. The number of aliphatic hydroxyl groups excluding tert-OH is 1. The third-order valence-corrected chi connectivity index (χ3v) is 0.712. The summed E-state index contributed by atoms with van der Waals surface area (Å²) in [5, 5.41) is 23.6. The number of carboxylic acids is 2. The Bertz CT molecular complexity index is 147. The average Bonchev–Trinajstić information content (AvgIpc) is 1.87. The maximum absolute atomic E-state index is 9.85. The Morgan fingerprint density at radius 1 is 1.42 bits per heavy atom. The van der Waals surface area contributed by atoms with E-state index >= 15 is 0 Å². The van der Waals surface area contributed by atoms with Crippen LogP contribution in [0, 0.1) is 0 Å². The van der Waals surface area contributed by atoms with Crippen LogP contribution in [-0.4, -0.2) is 39.9 Å². The van der Waals surface area contributed by atoms with Crippen LogP contribution in [0.3, 0.4) is 0 Å². The van der Waals surface area contributed by atoms with E-state index in [0.29, 0.717) is 0 Å². The van der Waals surface area contributed by atoms with Gasteiger partial charge in [0, 0.05) is 6.61 Å². The van der Waals surface area contributed by atoms with Crippen LogP contribution in [-0.2, 0) is 9.59 Å². The molecule has 0 aliphatic carbocycles. The molecule has 0 aliphatic rings. The lowest BCUT2D eigenvalue weighted by Gasteiger charge is -1.99. The zero-order valence-corrected chi connectivity index (χ0v) is 6.73. The summed E-state index contributed by atoms with van der Waals surface area (Å²) in [6.07, 6.45) is -0.532. The molecule has 0 fully saturated rings. The van der Waals surface area contributed by atoms with Crippen molar-refractivity contribution >= 4 is 11.9 Å². The minimum Gasteiger partial charge on any atom is -0.481 e. The molecule has 0 spiro atoms. The van der Waals surface area contributed by atoms with Crippen LogP contribution in [0.15, 0.2) is 0 Å². The highest BCUT2D eigenvalue weighted by Gasteiger charge is 2.14. The molecule has 0 saturated heterocycles. The first-order valence-electron chi connectivity index (χ1n) is 3.26. The van der Waals surface area contributed by atoms with E-state index in [1.165, 1.54) is 0 Å². The van der Waals surface area contributed by atoms with E-state index in [1.807, 2.05) is 0 Å². The lowest BCUT2D eigenvalue weighted by atomic mass is 10.2. The number of aliphatic carboxylic acids is 2. The fraction of sp³-hybridized carbons (Fsp3) is 0.667. The van der Waals surface area contributed by atoms with Crippen LogP contribution in [0.2, 0.25) is 0 Å². The Morgan fingerprint density at radius 2 is 1.75 bits per heavy atom. The predicted octanol–water partition coefficient (Wildman–Crippen LogP) is -1.13. The molecular formula is C6H13NO5. The van der Waals surface area contributed by atoms with Gasteiger partial charge in [-0.3, -0.25) is 9.59 Å². The molecule has 0 rings (SSSR count). The van der Waals surface area contributed by atoms with Crippen LogP contribution < -0.4 is 5.73 Å². The third-order valence-electron chi connectivity index (χ3n) is 0.712. The summed E-state index contributed by atoms with van der Waals surface area (Å²) in [4.78, 5) is 19.6. The number of aliphatic hydroxyl groups is 1. The number of rotatable bonds is 3. The van der Waals surface area contributed by atoms with Crippen molar-refractivity contribution < 1.29 is 24.9 Å². The molecule has 0 unspecified atom stereocenters. The van der Waals surface area contributed by atoms with E-state index in [0.717, 1.165) is 0 Å². The fourth-order valence-corrected chi connectivity index (χ4v) is 0.275. The van der Waals surface area contributed by atoms with E-state index in [-0.39, 0.29) is 6.61 Å². The van der Waals surface area contributed by atoms with Gasteiger partial charge in [0.1, 0.15) is 6.04 Å². The molecule has 0 heterocycles. The van der Waals surface area contributed by atoms with Crippen molar-refractivity contribution in [3.8, 4) is 0 Å². The first-order valence-corrected chi connectivity index (χ1v) is 3.26. The molecule has 5 N–H and O–H groups in total. The van der Waals surface area contributed by atoms with E-state index in [9.17, 15) is 9.59 Å². The van der Waals surface area contributed by atoms with Gasteiger partial charge in [0.15, 0.2) is 0 Å². The lowest BCUT2D eigenvalue weighted by Crippen LogP contribution is -2.32. The van der Waals surface area contributed by atoms with Gasteiger partial charge in [0.05, 0.1) is 6.42 Å². The van der Waals surface area contributed by atoms with Crippen molar-refractivity contribution in [2.45, 2.75) is 19.4 Å². The van der Waals surface area contributed by atoms with E-state index < -0.39 is 24.4 Å². The largest absolute Gasteiger partial charge is 0.481 e. The van der Waals surface area contributed by atoms with Crippen molar-refractivity contribution in [2.24, 2.45) is 5.73 Å². The highest BCUT2D eigenvalue weighted by molar-refractivity contribution is 5.80. The second-order valence-electron chi connectivity index (χ2n) is 1.86. The second-order valence-corrected chi connectivity index (χ2v) is 1.86. The van der Waals surface area contributed by atoms with E-state index in [2.05, 4.69) is 0 Å². The lowest BCUT2D eigenvalue weighted by molar-refractivity contribution is -0.144. The Morgan fingerprint density at radius 3 is 1.83 bits per heavy atom. The molecule has 6 heteroatoms. The molecule has 72 valence electrons. The zero-order valence-electron chi connectivity index (χ0n) is 6.73. The van der Waals surface area contributed by atoms with Gasteiger partial charge in [-0.2, -0.15) is 0 Å². The first kappa shape index (κ1) is 13.4. The van der Waals surface area contributed by atoms with Gasteiger partial charge in [-0.25, -0.2) is 0 Å². The van der Waals surface area contributed by atoms with Crippen LogP contribution in [0.25, 0.3) is 0 Å². The number of hydrogen-bond donors (Lipinski definition) is 4. The molecule has 1 atom stereocenters. The van der Waals surface area contributed by atoms with Gasteiger partial charge < -0.3 is 21.1 Å². The van der Waals surface area contributed by atoms with Crippen molar-refractivity contribution in [3.05, 3.63) is 0 Å². The predicted molar refractivity (Wildman–Crippen MR) is 40.6 cm³/mol. The summed E-state index contributed by atoms with van der Waals surface area (Å²) < 4.78 is 0. The van der Waals surface area contributed by atoms with Gasteiger partial charge in [-0.15, -0.1) is 0 Å². The minimum atomic E-state index is -1.29. The zero-order chi connectivity index (χ0) is 10.1. The van der Waals surface area contributed by atoms with Crippen molar-refractivity contribution in [1.82, 2.24) is 0 Å². The molecule has 0 aromatic rings. The summed E-state index contributed by atoms with van der Waals surface area (Å²) in [6, 6.07) is -1.29. The van der Waals surface area contributed by atoms with Crippen LogP contribution in [0.5, 0.6) is 0 Å². The highest BCUT2D eigenvalue weighted by Crippen LogP contribution is 1.86. The Kier molecular flexibility index (Phi) is 8.92. The Labute approximate surface area is 69.6 Å². The monoisotopic (exact) mass is 179 g/mol. The molecule has 0 aromatic carbocycles. The third kappa shape index (κ3) is 11.6. The summed E-state index contributed by atoms with van der Waals surface area (Å²) in [5.74, 6) is -2.50. The van der Waals surface area contributed by atoms with Crippen LogP contribution >= 0.6 is 0 Å². The Balaban J connectivity index is 0. The molecule has 0 aromatic heterocycles. The number of carbonyl (C=O) groups is 2. The second kappa shape index (κ2) is 7.96. The number of nitrogens with two attached hydrogens (primary N) is 1. The number of hydrogen-bond acceptors (Lipinski definition) is 4. The van der Waals surface area contributed by atoms with Gasteiger partial charge in [0.25, 0.3) is 0 Å². The fourth-order valence-electron chi connectivity index (χ4n) is 0.275. The van der Waals surface area contributed by atoms with Gasteiger partial charge in [-0.1, -0.05) is 0 Å². The van der Waals surface area contributed by atoms with E-state index in [4.69, 9.17) is 21.1 Å². The van der Waals surface area contributed by atoms with Crippen LogP contribution in [0.1, 0.15) is 13.3 Å². The molecule has 0 bridgehead atoms. The number of carboxylic acid groups (broad SMARTS) is 2. The molecule has 12 heavy (non-hydrogen) atoms. The summed E-state index contributed by atoms with van der Waals surface area (Å²) in [7, 11) is 0. The molecule has 0 amide bonds. The highest BCUT2D eigenvalue weighted by atomic mass is 16.4. The Hall–Kier alpha value is -1.14. The maximum atomic E-state index is 9.85. The minimum absolute atomic E-state index is 0.250. The molecular weight excluding hydrogens is 166 g/mol. The molecule has 0 saturated carbocycles. The molecule has 0 aliphatic heterocycles. The van der Waals surface area contributed by atoms with Crippen LogP contribution in [0.4, 0.5) is 0 Å². The first-order chi connectivity index (χ1) is 5.45. The maximum Gasteiger partial charge on any atom is 0.321 e. The smallest absolute Gasteiger partial charge is 0.321 e. The van der Waals surface area contributed by atoms with Crippen molar-refractivity contribution in [1.29, 1.82) is 0 Å². The van der Waals surface area contributed by atoms with Gasteiger partial charge >= 0.3 is 11.9 Å². The SMILES string of the molecule is CCO.N[C@@H](CC(=O)O)C(=O)O. The van der Waals surface area contributed by atoms with Crippen molar-refractivity contribution in [2.75, 3.05) is 6.61 Å². The molecule has 0 radical (unpaired) electrons. The molecule has 6 nitrogen and oxygen atoms in total. The summed E-state index contributed by atoms with van der Waals surface area (Å²) in [5.41, 5.74) is 4.84. The quantitative estimate of drug-likeness (QED) is 0.435. The average molecular weight is 179 g/mol. The van der Waals surface area contributed by atoms with Gasteiger partial charge in [-0.05, 0) is 6.92 Å². The summed E-state index contributed by atoms with van der Waals surface area (Å²) in [6.45, 7) is 1.93. The van der Waals surface area contributed by atoms with E-state index in [1.54, 1.807) is 6.92 Å². The van der Waals surface area contributed by atoms with Gasteiger partial charge in [0.2, 0.25) is 0 Å². The summed E-state index contributed by atoms with van der Waals surface area (Å²) >= 11 is 0. The van der Waals surface area contributed by atoms with Crippen molar-refractivity contribution in [3.63, 3.8) is 0 Å². The topological polar surface area (TPSA) is 121 Å². The standard InChI is InChI=1S/C4H7NO4.C2H6O/c5-2(4(8)9)1-3(6)7;1-2-3/h2H,1,5H2,(H,6,7)(H,8,9);3H,2H2,1H3/t2-;/m0./s1.